The molecule has 0 aromatic carbocycles. The first kappa shape index (κ1) is 14.6. The molecule has 1 saturated heterocycles. The molecule has 100 valence electrons. The molecule has 0 radical (unpaired) electrons. The highest BCUT2D eigenvalue weighted by atomic mass is 32.2. The van der Waals surface area contributed by atoms with E-state index in [1.165, 1.54) is 0 Å². The number of amides is 1. The van der Waals surface area contributed by atoms with E-state index in [0.717, 1.165) is 32.2 Å². The Bertz CT molecular complexity index is 293. The predicted molar refractivity (Wildman–Crippen MR) is 68.8 cm³/mol. The Kier molecular flexibility index (Phi) is 5.13. The van der Waals surface area contributed by atoms with Crippen molar-refractivity contribution in [3.8, 4) is 0 Å². The van der Waals surface area contributed by atoms with Crippen molar-refractivity contribution in [3.63, 3.8) is 0 Å². The smallest absolute Gasteiger partial charge is 0.210 e. The van der Waals surface area contributed by atoms with Crippen LogP contribution in [0.3, 0.4) is 0 Å². The zero-order valence-electron chi connectivity index (χ0n) is 11.1. The molecule has 0 bridgehead atoms. The van der Waals surface area contributed by atoms with Gasteiger partial charge in [-0.05, 0) is 46.0 Å². The highest BCUT2D eigenvalue weighted by Crippen LogP contribution is 2.34. The Labute approximate surface area is 106 Å². The van der Waals surface area contributed by atoms with Crippen LogP contribution in [0.4, 0.5) is 0 Å². The van der Waals surface area contributed by atoms with E-state index >= 15 is 0 Å². The third-order valence-electron chi connectivity index (χ3n) is 3.43. The summed E-state index contributed by atoms with van der Waals surface area (Å²) in [6.45, 7) is 6.97. The van der Waals surface area contributed by atoms with Gasteiger partial charge >= 0.3 is 0 Å². The summed E-state index contributed by atoms with van der Waals surface area (Å²) >= 11 is -1.19. The second-order valence-electron chi connectivity index (χ2n) is 5.53. The minimum Gasteiger partial charge on any atom is -0.340 e. The molecule has 5 heteroatoms. The molecule has 17 heavy (non-hydrogen) atoms. The van der Waals surface area contributed by atoms with E-state index in [2.05, 4.69) is 13.8 Å². The van der Waals surface area contributed by atoms with Crippen molar-refractivity contribution >= 4 is 17.5 Å². The highest BCUT2D eigenvalue weighted by Gasteiger charge is 2.37. The number of hydrogen-bond donors (Lipinski definition) is 0. The van der Waals surface area contributed by atoms with E-state index < -0.39 is 11.1 Å². The van der Waals surface area contributed by atoms with Gasteiger partial charge in [-0.2, -0.15) is 0 Å². The average molecular weight is 261 g/mol. The molecule has 1 fully saturated rings. The molecule has 1 heterocycles. The summed E-state index contributed by atoms with van der Waals surface area (Å²) < 4.78 is 16.1. The van der Waals surface area contributed by atoms with Crippen molar-refractivity contribution in [1.82, 2.24) is 4.90 Å². The molecule has 3 unspecified atom stereocenters. The molecular weight excluding hydrogens is 238 g/mol. The van der Waals surface area contributed by atoms with Crippen LogP contribution in [0.2, 0.25) is 0 Å². The van der Waals surface area contributed by atoms with Crippen molar-refractivity contribution in [2.24, 2.45) is 5.92 Å². The molecule has 1 aliphatic heterocycles. The van der Waals surface area contributed by atoms with Crippen LogP contribution in [0.1, 0.15) is 40.0 Å². The fourth-order valence-electron chi connectivity index (χ4n) is 2.54. The van der Waals surface area contributed by atoms with Gasteiger partial charge in [0.05, 0.1) is 6.10 Å². The van der Waals surface area contributed by atoms with Crippen LogP contribution in [0.15, 0.2) is 0 Å². The summed E-state index contributed by atoms with van der Waals surface area (Å²) in [7, 11) is 0. The van der Waals surface area contributed by atoms with Gasteiger partial charge in [0.1, 0.15) is 0 Å². The third kappa shape index (κ3) is 4.39. The summed E-state index contributed by atoms with van der Waals surface area (Å²) in [5.41, 5.74) is -0.0237. The third-order valence-corrected chi connectivity index (χ3v) is 4.03. The van der Waals surface area contributed by atoms with Crippen molar-refractivity contribution in [2.75, 3.05) is 12.8 Å². The Morgan fingerprint density at radius 1 is 1.59 bits per heavy atom. The molecule has 0 saturated carbocycles. The Hall–Kier alpha value is -0.420. The summed E-state index contributed by atoms with van der Waals surface area (Å²) in [4.78, 5) is 12.8. The molecule has 0 aromatic heterocycles. The van der Waals surface area contributed by atoms with Crippen LogP contribution in [-0.4, -0.2) is 40.0 Å². The molecule has 0 spiro atoms. The standard InChI is InChI=1S/C12H23NO3S/c1-10(16-17(4)15)5-6-11-7-12(2,3)13(8-11)9-14/h9-11H,5-8H2,1-4H3. The minimum absolute atomic E-state index is 0.0224. The quantitative estimate of drug-likeness (QED) is 0.684. The van der Waals surface area contributed by atoms with Gasteiger partial charge in [-0.15, -0.1) is 0 Å². The largest absolute Gasteiger partial charge is 0.340 e. The zero-order valence-corrected chi connectivity index (χ0v) is 12.0. The molecule has 0 N–H and O–H groups in total. The lowest BCUT2D eigenvalue weighted by Gasteiger charge is -2.27. The van der Waals surface area contributed by atoms with Crippen LogP contribution in [0, 0.1) is 5.92 Å². The van der Waals surface area contributed by atoms with Crippen LogP contribution in [0.25, 0.3) is 0 Å². The molecule has 1 rings (SSSR count). The number of hydrogen-bond acceptors (Lipinski definition) is 3. The summed E-state index contributed by atoms with van der Waals surface area (Å²) in [6, 6.07) is 0. The van der Waals surface area contributed by atoms with Gasteiger partial charge in [-0.3, -0.25) is 8.98 Å². The second-order valence-corrected chi connectivity index (χ2v) is 6.52. The summed E-state index contributed by atoms with van der Waals surface area (Å²) in [5.74, 6) is 0.534. The second kappa shape index (κ2) is 5.96. The number of carbonyl (C=O) groups is 1. The fraction of sp³-hybridized carbons (Fsp3) is 0.917. The highest BCUT2D eigenvalue weighted by molar-refractivity contribution is 7.79. The maximum Gasteiger partial charge on any atom is 0.210 e. The number of likely N-dealkylation sites (tertiary alicyclic amines) is 1. The Morgan fingerprint density at radius 2 is 2.24 bits per heavy atom. The van der Waals surface area contributed by atoms with Crippen LogP contribution in [-0.2, 0) is 20.1 Å². The molecule has 4 nitrogen and oxygen atoms in total. The molecular formula is C12H23NO3S. The Balaban J connectivity index is 2.35. The molecule has 1 amide bonds. The van der Waals surface area contributed by atoms with Crippen molar-refractivity contribution < 1.29 is 13.2 Å². The first-order valence-corrected chi connectivity index (χ1v) is 7.56. The van der Waals surface area contributed by atoms with Gasteiger partial charge in [-0.1, -0.05) is 0 Å². The topological polar surface area (TPSA) is 46.6 Å². The maximum absolute atomic E-state index is 10.9. The van der Waals surface area contributed by atoms with Gasteiger partial charge < -0.3 is 4.90 Å². The zero-order chi connectivity index (χ0) is 13.1. The first-order chi connectivity index (χ1) is 7.85. The maximum atomic E-state index is 10.9. The average Bonchev–Trinajstić information content (AvgIpc) is 2.49. The Morgan fingerprint density at radius 3 is 2.71 bits per heavy atom. The van der Waals surface area contributed by atoms with E-state index in [1.54, 1.807) is 6.26 Å². The first-order valence-electron chi connectivity index (χ1n) is 6.07. The van der Waals surface area contributed by atoms with E-state index in [0.29, 0.717) is 5.92 Å². The lowest BCUT2D eigenvalue weighted by molar-refractivity contribution is -0.120. The normalized spacial score (nSPS) is 26.8. The van der Waals surface area contributed by atoms with E-state index in [1.807, 2.05) is 11.8 Å². The van der Waals surface area contributed by atoms with E-state index in [9.17, 15) is 9.00 Å². The lowest BCUT2D eigenvalue weighted by atomic mass is 9.93. The summed E-state index contributed by atoms with van der Waals surface area (Å²) in [6.07, 6.45) is 5.46. The molecule has 3 atom stereocenters. The number of carbonyl (C=O) groups excluding carboxylic acids is 1. The number of rotatable bonds is 6. The molecule has 0 aromatic rings. The lowest BCUT2D eigenvalue weighted by Crippen LogP contribution is -2.36. The molecule has 1 aliphatic rings. The van der Waals surface area contributed by atoms with Crippen molar-refractivity contribution in [3.05, 3.63) is 0 Å². The van der Waals surface area contributed by atoms with Crippen LogP contribution >= 0.6 is 0 Å². The monoisotopic (exact) mass is 261 g/mol. The van der Waals surface area contributed by atoms with Crippen LogP contribution in [0.5, 0.6) is 0 Å². The molecule has 0 aliphatic carbocycles. The van der Waals surface area contributed by atoms with Crippen molar-refractivity contribution in [2.45, 2.75) is 51.7 Å². The van der Waals surface area contributed by atoms with Crippen LogP contribution < -0.4 is 0 Å². The number of nitrogens with zero attached hydrogens (tertiary/aromatic N) is 1. The van der Waals surface area contributed by atoms with Gasteiger partial charge in [-0.25, -0.2) is 4.21 Å². The SMILES string of the molecule is CC(CCC1CN(C=O)C(C)(C)C1)OS(C)=O. The minimum atomic E-state index is -1.19. The van der Waals surface area contributed by atoms with Gasteiger partial charge in [0.25, 0.3) is 0 Å². The fourth-order valence-corrected chi connectivity index (χ4v) is 3.10. The van der Waals surface area contributed by atoms with Crippen molar-refractivity contribution in [1.29, 1.82) is 0 Å². The predicted octanol–water partition coefficient (Wildman–Crippen LogP) is 1.72. The van der Waals surface area contributed by atoms with Gasteiger partial charge in [0.15, 0.2) is 11.1 Å². The van der Waals surface area contributed by atoms with E-state index in [4.69, 9.17) is 4.18 Å². The summed E-state index contributed by atoms with van der Waals surface area (Å²) in [5, 5.41) is 0. The van der Waals surface area contributed by atoms with E-state index in [-0.39, 0.29) is 11.6 Å². The van der Waals surface area contributed by atoms with Gasteiger partial charge in [0, 0.05) is 18.3 Å². The van der Waals surface area contributed by atoms with Gasteiger partial charge in [0.2, 0.25) is 6.41 Å².